The molecule has 2 atom stereocenters. The minimum atomic E-state index is -0.742. The number of nitrogens with one attached hydrogen (secondary N) is 1. The minimum Gasteiger partial charge on any atom is -0.462 e. The van der Waals surface area contributed by atoms with Crippen molar-refractivity contribution in [3.63, 3.8) is 0 Å². The summed E-state index contributed by atoms with van der Waals surface area (Å²) in [5.74, 6) is -2.39. The van der Waals surface area contributed by atoms with Crippen molar-refractivity contribution in [1.82, 2.24) is 0 Å². The van der Waals surface area contributed by atoms with Gasteiger partial charge in [-0.05, 0) is 50.6 Å². The molecule has 0 aromatic heterocycles. The number of benzene rings is 2. The molecule has 150 valence electrons. The van der Waals surface area contributed by atoms with Crippen molar-refractivity contribution in [3.8, 4) is 0 Å². The molecule has 0 aliphatic rings. The number of thioether (sulfide) groups is 1. The average molecular weight is 428 g/mol. The predicted octanol–water partition coefficient (Wildman–Crippen LogP) is 5.69. The number of esters is 1. The maximum absolute atomic E-state index is 14.2. The Bertz CT molecular complexity index is 879. The van der Waals surface area contributed by atoms with Crippen LogP contribution in [0, 0.1) is 11.6 Å². The summed E-state index contributed by atoms with van der Waals surface area (Å²) in [5.41, 5.74) is -0.0716. The smallest absolute Gasteiger partial charge is 0.319 e. The van der Waals surface area contributed by atoms with Gasteiger partial charge in [0.05, 0.1) is 16.8 Å². The van der Waals surface area contributed by atoms with Crippen LogP contribution in [0.3, 0.4) is 0 Å². The summed E-state index contributed by atoms with van der Waals surface area (Å²) in [6.07, 6.45) is 0.483. The largest absolute Gasteiger partial charge is 0.462 e. The first-order valence-corrected chi connectivity index (χ1v) is 9.90. The van der Waals surface area contributed by atoms with Crippen LogP contribution < -0.4 is 5.32 Å². The number of rotatable bonds is 7. The van der Waals surface area contributed by atoms with Crippen LogP contribution in [0.15, 0.2) is 41.3 Å². The van der Waals surface area contributed by atoms with Gasteiger partial charge in [0.15, 0.2) is 0 Å². The quantitative estimate of drug-likeness (QED) is 0.455. The van der Waals surface area contributed by atoms with Crippen molar-refractivity contribution in [1.29, 1.82) is 0 Å². The van der Waals surface area contributed by atoms with Crippen molar-refractivity contribution in [3.05, 3.63) is 58.6 Å². The molecule has 2 rings (SSSR count). The summed E-state index contributed by atoms with van der Waals surface area (Å²) in [6.45, 7) is 5.35. The third-order valence-electron chi connectivity index (χ3n) is 3.88. The van der Waals surface area contributed by atoms with Crippen molar-refractivity contribution in [2.45, 2.75) is 43.4 Å². The summed E-state index contributed by atoms with van der Waals surface area (Å²) in [6, 6.07) is 7.44. The van der Waals surface area contributed by atoms with Crippen molar-refractivity contribution >= 4 is 40.9 Å². The van der Waals surface area contributed by atoms with Crippen LogP contribution >= 0.6 is 23.4 Å². The topological polar surface area (TPSA) is 55.4 Å². The van der Waals surface area contributed by atoms with Gasteiger partial charge in [0.25, 0.3) is 5.91 Å². The first-order valence-electron chi connectivity index (χ1n) is 8.64. The molecule has 0 radical (unpaired) electrons. The lowest BCUT2D eigenvalue weighted by Crippen LogP contribution is -2.22. The van der Waals surface area contributed by atoms with E-state index >= 15 is 0 Å². The van der Waals surface area contributed by atoms with Gasteiger partial charge in [0.2, 0.25) is 0 Å². The Hall–Kier alpha value is -2.12. The standard InChI is InChI=1S/C20H20ClF2NO3S/c1-4-11(2)27-20(26)12(3)28-18-10-17(16(23)9-15(18)21)24-19(25)13-6-5-7-14(22)8-13/h5-12H,4H2,1-3H3,(H,24,25). The van der Waals surface area contributed by atoms with Gasteiger partial charge in [-0.2, -0.15) is 0 Å². The van der Waals surface area contributed by atoms with Crippen LogP contribution in [0.4, 0.5) is 14.5 Å². The van der Waals surface area contributed by atoms with Crippen LogP contribution in [0.25, 0.3) is 0 Å². The normalized spacial score (nSPS) is 12.9. The van der Waals surface area contributed by atoms with E-state index in [9.17, 15) is 18.4 Å². The van der Waals surface area contributed by atoms with Crippen LogP contribution in [0.2, 0.25) is 5.02 Å². The second kappa shape index (κ2) is 9.89. The Morgan fingerprint density at radius 3 is 2.57 bits per heavy atom. The number of ether oxygens (including phenoxy) is 1. The van der Waals surface area contributed by atoms with Crippen LogP contribution in [0.5, 0.6) is 0 Å². The van der Waals surface area contributed by atoms with Gasteiger partial charge in [0.1, 0.15) is 16.9 Å². The summed E-state index contributed by atoms with van der Waals surface area (Å²) in [7, 11) is 0. The van der Waals surface area contributed by atoms with E-state index in [1.54, 1.807) is 13.8 Å². The zero-order chi connectivity index (χ0) is 20.8. The van der Waals surface area contributed by atoms with Crippen molar-refractivity contribution in [2.75, 3.05) is 5.32 Å². The molecule has 2 aromatic carbocycles. The molecule has 4 nitrogen and oxygen atoms in total. The van der Waals surface area contributed by atoms with E-state index in [1.807, 2.05) is 6.92 Å². The molecule has 0 aliphatic heterocycles. The second-order valence-corrected chi connectivity index (χ2v) is 7.93. The van der Waals surface area contributed by atoms with E-state index in [-0.39, 0.29) is 22.4 Å². The number of anilines is 1. The number of amides is 1. The highest BCUT2D eigenvalue weighted by atomic mass is 35.5. The van der Waals surface area contributed by atoms with Gasteiger partial charge in [-0.1, -0.05) is 24.6 Å². The highest BCUT2D eigenvalue weighted by Gasteiger charge is 2.21. The molecule has 0 saturated carbocycles. The Morgan fingerprint density at radius 2 is 1.93 bits per heavy atom. The third kappa shape index (κ3) is 5.94. The lowest BCUT2D eigenvalue weighted by molar-refractivity contribution is -0.147. The van der Waals surface area contributed by atoms with E-state index in [0.717, 1.165) is 23.9 Å². The van der Waals surface area contributed by atoms with Gasteiger partial charge < -0.3 is 10.1 Å². The van der Waals surface area contributed by atoms with Gasteiger partial charge >= 0.3 is 5.97 Å². The lowest BCUT2D eigenvalue weighted by Gasteiger charge is -2.16. The monoisotopic (exact) mass is 427 g/mol. The van der Waals surface area contributed by atoms with Gasteiger partial charge in [0, 0.05) is 10.5 Å². The van der Waals surface area contributed by atoms with E-state index in [2.05, 4.69) is 5.32 Å². The number of hydrogen-bond acceptors (Lipinski definition) is 4. The first kappa shape index (κ1) is 22.2. The van der Waals surface area contributed by atoms with Gasteiger partial charge in [-0.25, -0.2) is 8.78 Å². The SMILES string of the molecule is CCC(C)OC(=O)C(C)Sc1cc(NC(=O)c2cccc(F)c2)c(F)cc1Cl. The predicted molar refractivity (Wildman–Crippen MR) is 107 cm³/mol. The molecule has 0 fully saturated rings. The molecule has 1 N–H and O–H groups in total. The lowest BCUT2D eigenvalue weighted by atomic mass is 10.2. The molecule has 0 saturated heterocycles. The number of hydrogen-bond donors (Lipinski definition) is 1. The Kier molecular flexibility index (Phi) is 7.83. The summed E-state index contributed by atoms with van der Waals surface area (Å²) in [4.78, 5) is 24.8. The fourth-order valence-electron chi connectivity index (χ4n) is 2.16. The molecule has 2 unspecified atom stereocenters. The molecular formula is C20H20ClF2NO3S. The maximum Gasteiger partial charge on any atom is 0.319 e. The fraction of sp³-hybridized carbons (Fsp3) is 0.300. The van der Waals surface area contributed by atoms with Crippen LogP contribution in [-0.2, 0) is 9.53 Å². The highest BCUT2D eigenvalue weighted by molar-refractivity contribution is 8.00. The highest BCUT2D eigenvalue weighted by Crippen LogP contribution is 2.35. The zero-order valence-corrected chi connectivity index (χ0v) is 17.2. The molecule has 2 aromatic rings. The number of carbonyl (C=O) groups excluding carboxylic acids is 2. The van der Waals surface area contributed by atoms with E-state index < -0.39 is 28.8 Å². The molecule has 1 amide bonds. The van der Waals surface area contributed by atoms with E-state index in [0.29, 0.717) is 11.3 Å². The second-order valence-electron chi connectivity index (χ2n) is 6.14. The third-order valence-corrected chi connectivity index (χ3v) is 5.45. The Balaban J connectivity index is 2.17. The molecule has 8 heteroatoms. The van der Waals surface area contributed by atoms with Crippen LogP contribution in [0.1, 0.15) is 37.6 Å². The van der Waals surface area contributed by atoms with Crippen molar-refractivity contribution in [2.24, 2.45) is 0 Å². The maximum atomic E-state index is 14.2. The number of halogens is 3. The minimum absolute atomic E-state index is 0.0500. The van der Waals surface area contributed by atoms with Crippen molar-refractivity contribution < 1.29 is 23.1 Å². The molecule has 0 bridgehead atoms. The Morgan fingerprint density at radius 1 is 1.21 bits per heavy atom. The zero-order valence-electron chi connectivity index (χ0n) is 15.6. The fourth-order valence-corrected chi connectivity index (χ4v) is 3.33. The summed E-state index contributed by atoms with van der Waals surface area (Å²) in [5, 5.41) is 1.92. The molecule has 0 heterocycles. The molecule has 0 aliphatic carbocycles. The number of carbonyl (C=O) groups is 2. The van der Waals surface area contributed by atoms with Gasteiger partial charge in [-0.3, -0.25) is 9.59 Å². The summed E-state index contributed by atoms with van der Waals surface area (Å²) < 4.78 is 32.8. The Labute approximate surface area is 171 Å². The molecular weight excluding hydrogens is 408 g/mol. The first-order chi connectivity index (χ1) is 13.2. The van der Waals surface area contributed by atoms with Crippen LogP contribution in [-0.4, -0.2) is 23.2 Å². The average Bonchev–Trinajstić information content (AvgIpc) is 2.65. The molecule has 0 spiro atoms. The molecule has 28 heavy (non-hydrogen) atoms. The van der Waals surface area contributed by atoms with Gasteiger partial charge in [-0.15, -0.1) is 11.8 Å². The van der Waals surface area contributed by atoms with E-state index in [1.165, 1.54) is 24.3 Å². The summed E-state index contributed by atoms with van der Waals surface area (Å²) >= 11 is 7.18. The van der Waals surface area contributed by atoms with E-state index in [4.69, 9.17) is 16.3 Å².